The maximum Gasteiger partial charge on any atom is 0.527 e. The van der Waals surface area contributed by atoms with Crippen molar-refractivity contribution < 1.29 is 33.1 Å². The molecular weight excluding hydrogens is 400 g/mol. The first kappa shape index (κ1) is 23.3. The predicted octanol–water partition coefficient (Wildman–Crippen LogP) is 4.89. The van der Waals surface area contributed by atoms with Crippen LogP contribution in [0.4, 0.5) is 9.59 Å². The fraction of sp³-hybridized carbons (Fsp3) is 0.696. The van der Waals surface area contributed by atoms with Crippen molar-refractivity contribution in [1.82, 2.24) is 4.90 Å². The molecule has 1 aromatic rings. The van der Waals surface area contributed by atoms with Gasteiger partial charge in [-0.3, -0.25) is 4.79 Å². The lowest BCUT2D eigenvalue weighted by molar-refractivity contribution is -0.797. The SMILES string of the molecule is CC1CCC(N(C(=O)c2ccco2)[C@H]2CC(C)[N+](C(=O)O)(C(=O)OC(C)(C)C)C2)CC1. The molecule has 0 bridgehead atoms. The summed E-state index contributed by atoms with van der Waals surface area (Å²) in [6.07, 6.45) is 3.59. The molecule has 1 aromatic heterocycles. The van der Waals surface area contributed by atoms with Gasteiger partial charge in [-0.25, -0.2) is 0 Å². The first-order chi connectivity index (χ1) is 14.5. The Labute approximate surface area is 183 Å². The number of carboxylic acid groups (broad SMARTS) is 1. The standard InChI is InChI=1S/C23H34N2O6/c1-15-8-10-17(11-9-15)24(20(26)19-7-6-12-30-19)18-13-16(2)25(14-18,21(27)28)22(29)31-23(3,4)5/h6-7,12,15-18H,8-11,13-14H2,1-5H3/p+1/t15?,16?,17?,18-,25?/m0/s1. The number of carbonyl (C=O) groups excluding carboxylic acids is 2. The third-order valence-corrected chi connectivity index (χ3v) is 6.66. The van der Waals surface area contributed by atoms with Crippen LogP contribution in [0.2, 0.25) is 0 Å². The lowest BCUT2D eigenvalue weighted by atomic mass is 9.85. The van der Waals surface area contributed by atoms with E-state index in [0.717, 1.165) is 25.7 Å². The molecule has 8 nitrogen and oxygen atoms in total. The number of rotatable bonds is 3. The summed E-state index contributed by atoms with van der Waals surface area (Å²) in [6, 6.07) is 2.39. The average Bonchev–Trinajstić information content (AvgIpc) is 3.30. The van der Waals surface area contributed by atoms with Gasteiger partial charge in [0.15, 0.2) is 5.76 Å². The van der Waals surface area contributed by atoms with Gasteiger partial charge in [0, 0.05) is 12.5 Å². The number of likely N-dealkylation sites (tertiary alicyclic amines) is 1. The summed E-state index contributed by atoms with van der Waals surface area (Å²) in [5.41, 5.74) is -0.807. The molecule has 2 aliphatic rings. The Kier molecular flexibility index (Phi) is 6.51. The second-order valence-electron chi connectivity index (χ2n) is 10.2. The van der Waals surface area contributed by atoms with Gasteiger partial charge in [0.1, 0.15) is 18.2 Å². The lowest BCUT2D eigenvalue weighted by Crippen LogP contribution is -2.61. The lowest BCUT2D eigenvalue weighted by Gasteiger charge is -2.39. The maximum atomic E-state index is 13.4. The van der Waals surface area contributed by atoms with E-state index in [2.05, 4.69) is 6.92 Å². The Morgan fingerprint density at radius 2 is 1.77 bits per heavy atom. The summed E-state index contributed by atoms with van der Waals surface area (Å²) in [5.74, 6) is 0.607. The quantitative estimate of drug-likeness (QED) is 0.679. The molecule has 31 heavy (non-hydrogen) atoms. The normalized spacial score (nSPS) is 31.3. The molecule has 0 spiro atoms. The summed E-state index contributed by atoms with van der Waals surface area (Å²) in [4.78, 5) is 40.7. The molecule has 8 heteroatoms. The van der Waals surface area contributed by atoms with E-state index in [4.69, 9.17) is 9.15 Å². The fourth-order valence-electron chi connectivity index (χ4n) is 4.98. The number of quaternary nitrogens is 1. The van der Waals surface area contributed by atoms with Gasteiger partial charge in [-0.1, -0.05) is 6.92 Å². The molecule has 1 aliphatic carbocycles. The van der Waals surface area contributed by atoms with Gasteiger partial charge in [-0.15, -0.1) is 4.48 Å². The van der Waals surface area contributed by atoms with E-state index < -0.39 is 34.4 Å². The van der Waals surface area contributed by atoms with Crippen LogP contribution in [0.1, 0.15) is 77.3 Å². The van der Waals surface area contributed by atoms with Crippen molar-refractivity contribution in [3.63, 3.8) is 0 Å². The number of carbonyl (C=O) groups is 3. The van der Waals surface area contributed by atoms with Crippen LogP contribution in [0.15, 0.2) is 22.8 Å². The zero-order valence-electron chi connectivity index (χ0n) is 19.2. The minimum Gasteiger partial charge on any atom is -0.459 e. The van der Waals surface area contributed by atoms with E-state index >= 15 is 0 Å². The van der Waals surface area contributed by atoms with Gasteiger partial charge < -0.3 is 19.2 Å². The van der Waals surface area contributed by atoms with Crippen molar-refractivity contribution in [2.45, 2.75) is 90.4 Å². The highest BCUT2D eigenvalue weighted by atomic mass is 16.6. The molecule has 3 atom stereocenters. The third-order valence-electron chi connectivity index (χ3n) is 6.66. The van der Waals surface area contributed by atoms with Crippen LogP contribution in [0, 0.1) is 5.92 Å². The summed E-state index contributed by atoms with van der Waals surface area (Å²) >= 11 is 0. The Morgan fingerprint density at radius 3 is 2.29 bits per heavy atom. The highest BCUT2D eigenvalue weighted by molar-refractivity contribution is 5.92. The van der Waals surface area contributed by atoms with Crippen molar-refractivity contribution in [3.05, 3.63) is 24.2 Å². The average molecular weight is 436 g/mol. The van der Waals surface area contributed by atoms with Crippen LogP contribution < -0.4 is 0 Å². The van der Waals surface area contributed by atoms with Crippen molar-refractivity contribution >= 4 is 18.1 Å². The molecule has 1 N–H and O–H groups in total. The summed E-state index contributed by atoms with van der Waals surface area (Å²) < 4.78 is 10.1. The number of nitrogens with zero attached hydrogens (tertiary/aromatic N) is 2. The zero-order valence-corrected chi connectivity index (χ0v) is 19.2. The Balaban J connectivity index is 1.93. The first-order valence-corrected chi connectivity index (χ1v) is 11.2. The highest BCUT2D eigenvalue weighted by Crippen LogP contribution is 2.37. The number of hydrogen-bond donors (Lipinski definition) is 1. The van der Waals surface area contributed by atoms with Crippen molar-refractivity contribution in [1.29, 1.82) is 0 Å². The second-order valence-corrected chi connectivity index (χ2v) is 10.2. The number of furan rings is 1. The van der Waals surface area contributed by atoms with E-state index in [-0.39, 0.29) is 24.3 Å². The predicted molar refractivity (Wildman–Crippen MR) is 114 cm³/mol. The molecule has 1 saturated carbocycles. The van der Waals surface area contributed by atoms with E-state index in [1.165, 1.54) is 6.26 Å². The summed E-state index contributed by atoms with van der Waals surface area (Å²) in [6.45, 7) is 9.11. The van der Waals surface area contributed by atoms with Crippen molar-refractivity contribution in [2.75, 3.05) is 6.54 Å². The number of ether oxygens (including phenoxy) is 1. The van der Waals surface area contributed by atoms with Crippen LogP contribution in [-0.4, -0.2) is 62.9 Å². The van der Waals surface area contributed by atoms with E-state index in [9.17, 15) is 19.5 Å². The summed E-state index contributed by atoms with van der Waals surface area (Å²) in [7, 11) is 0. The highest BCUT2D eigenvalue weighted by Gasteiger charge is 2.61. The van der Waals surface area contributed by atoms with E-state index in [0.29, 0.717) is 12.3 Å². The molecule has 1 saturated heterocycles. The van der Waals surface area contributed by atoms with Gasteiger partial charge in [-0.2, -0.15) is 9.59 Å². The minimum atomic E-state index is -1.24. The molecular formula is C23H35N2O6+. The monoisotopic (exact) mass is 435 g/mol. The van der Waals surface area contributed by atoms with Crippen molar-refractivity contribution in [3.8, 4) is 0 Å². The Hall–Kier alpha value is -2.35. The largest absolute Gasteiger partial charge is 0.527 e. The number of amides is 3. The van der Waals surface area contributed by atoms with E-state index in [1.54, 1.807) is 44.7 Å². The minimum absolute atomic E-state index is 0.00145. The Bertz CT molecular complexity index is 807. The fourth-order valence-corrected chi connectivity index (χ4v) is 4.98. The van der Waals surface area contributed by atoms with Crippen LogP contribution in [0.5, 0.6) is 0 Å². The molecule has 3 amide bonds. The molecule has 172 valence electrons. The van der Waals surface area contributed by atoms with Crippen molar-refractivity contribution in [2.24, 2.45) is 5.92 Å². The van der Waals surface area contributed by atoms with Crippen LogP contribution in [0.3, 0.4) is 0 Å². The van der Waals surface area contributed by atoms with Gasteiger partial charge in [0.25, 0.3) is 5.91 Å². The number of imide groups is 1. The molecule has 0 radical (unpaired) electrons. The van der Waals surface area contributed by atoms with Crippen LogP contribution in [-0.2, 0) is 4.74 Å². The molecule has 3 rings (SSSR count). The van der Waals surface area contributed by atoms with E-state index in [1.807, 2.05) is 0 Å². The van der Waals surface area contributed by atoms with Gasteiger partial charge in [0.05, 0.1) is 12.3 Å². The topological polar surface area (TPSA) is 97.0 Å². The molecule has 0 aromatic carbocycles. The smallest absolute Gasteiger partial charge is 0.459 e. The van der Waals surface area contributed by atoms with Crippen LogP contribution in [0.25, 0.3) is 0 Å². The first-order valence-electron chi connectivity index (χ1n) is 11.2. The summed E-state index contributed by atoms with van der Waals surface area (Å²) in [5, 5.41) is 10.1. The molecule has 2 fully saturated rings. The van der Waals surface area contributed by atoms with Crippen LogP contribution >= 0.6 is 0 Å². The van der Waals surface area contributed by atoms with Gasteiger partial charge >= 0.3 is 12.2 Å². The van der Waals surface area contributed by atoms with Gasteiger partial charge in [-0.05, 0) is 71.4 Å². The number of hydrogen-bond acceptors (Lipinski definition) is 5. The zero-order chi connectivity index (χ0) is 23.0. The maximum absolute atomic E-state index is 13.4. The molecule has 1 aliphatic heterocycles. The second kappa shape index (κ2) is 8.65. The molecule has 2 heterocycles. The Morgan fingerprint density at radius 1 is 1.13 bits per heavy atom. The molecule has 2 unspecified atom stereocenters. The third kappa shape index (κ3) is 4.63. The van der Waals surface area contributed by atoms with Gasteiger partial charge in [0.2, 0.25) is 0 Å².